The van der Waals surface area contributed by atoms with Crippen molar-refractivity contribution in [1.29, 1.82) is 0 Å². The van der Waals surface area contributed by atoms with Gasteiger partial charge >= 0.3 is 12.1 Å². The zero-order chi connectivity index (χ0) is 15.9. The zero-order valence-electron chi connectivity index (χ0n) is 10.8. The lowest BCUT2D eigenvalue weighted by Crippen LogP contribution is -2.04. The van der Waals surface area contributed by atoms with Gasteiger partial charge < -0.3 is 5.11 Å². The highest BCUT2D eigenvalue weighted by Crippen LogP contribution is 2.35. The molecule has 0 radical (unpaired) electrons. The van der Waals surface area contributed by atoms with E-state index in [0.717, 1.165) is 23.5 Å². The van der Waals surface area contributed by atoms with Gasteiger partial charge in [-0.2, -0.15) is 13.2 Å². The van der Waals surface area contributed by atoms with Crippen LogP contribution in [-0.4, -0.2) is 21.0 Å². The third kappa shape index (κ3) is 2.52. The van der Waals surface area contributed by atoms with Crippen molar-refractivity contribution in [2.45, 2.75) is 6.18 Å². The Morgan fingerprint density at radius 3 is 2.64 bits per heavy atom. The molecule has 0 saturated carbocycles. The molecule has 3 aromatic rings. The van der Waals surface area contributed by atoms with Crippen LogP contribution >= 0.6 is 11.3 Å². The average Bonchev–Trinajstić information content (AvgIpc) is 2.90. The van der Waals surface area contributed by atoms with Gasteiger partial charge in [-0.05, 0) is 18.2 Å². The lowest BCUT2D eigenvalue weighted by atomic mass is 10.1. The van der Waals surface area contributed by atoms with Crippen LogP contribution in [0.4, 0.5) is 13.2 Å². The van der Waals surface area contributed by atoms with E-state index in [1.165, 1.54) is 24.5 Å². The van der Waals surface area contributed by atoms with Crippen molar-refractivity contribution in [2.75, 3.05) is 0 Å². The molecule has 0 saturated heterocycles. The molecule has 0 aliphatic heterocycles. The normalized spacial score (nSPS) is 11.8. The number of benzene rings is 1. The molecule has 0 fully saturated rings. The van der Waals surface area contributed by atoms with E-state index in [0.29, 0.717) is 10.2 Å². The second-order valence-electron chi connectivity index (χ2n) is 4.44. The minimum absolute atomic E-state index is 0.0590. The Balaban J connectivity index is 2.20. The van der Waals surface area contributed by atoms with E-state index in [1.807, 2.05) is 0 Å². The highest BCUT2D eigenvalue weighted by molar-refractivity contribution is 7.20. The van der Waals surface area contributed by atoms with Crippen LogP contribution in [-0.2, 0) is 6.18 Å². The van der Waals surface area contributed by atoms with E-state index < -0.39 is 17.7 Å². The lowest BCUT2D eigenvalue weighted by molar-refractivity contribution is -0.137. The van der Waals surface area contributed by atoms with Crippen molar-refractivity contribution in [3.05, 3.63) is 47.1 Å². The van der Waals surface area contributed by atoms with Crippen molar-refractivity contribution in [2.24, 2.45) is 0 Å². The molecule has 0 aliphatic carbocycles. The predicted molar refractivity (Wildman–Crippen MR) is 74.8 cm³/mol. The van der Waals surface area contributed by atoms with Gasteiger partial charge in [-0.1, -0.05) is 12.1 Å². The maximum absolute atomic E-state index is 12.8. The van der Waals surface area contributed by atoms with Gasteiger partial charge in [0.2, 0.25) is 0 Å². The Morgan fingerprint density at radius 1 is 1.18 bits per heavy atom. The van der Waals surface area contributed by atoms with Gasteiger partial charge in [0.25, 0.3) is 0 Å². The summed E-state index contributed by atoms with van der Waals surface area (Å²) in [5.74, 6) is -1.11. The molecule has 0 amide bonds. The van der Waals surface area contributed by atoms with Gasteiger partial charge in [0, 0.05) is 10.9 Å². The third-order valence-electron chi connectivity index (χ3n) is 3.00. The number of thiophene rings is 1. The Bertz CT molecular complexity index is 874. The smallest absolute Gasteiger partial charge is 0.416 e. The number of nitrogens with zero attached hydrogens (tertiary/aromatic N) is 2. The second kappa shape index (κ2) is 5.06. The fraction of sp³-hybridized carbons (Fsp3) is 0.0714. The molecular formula is C14H7F3N2O2S. The summed E-state index contributed by atoms with van der Waals surface area (Å²) >= 11 is 0.951. The summed E-state index contributed by atoms with van der Waals surface area (Å²) < 4.78 is 38.4. The summed E-state index contributed by atoms with van der Waals surface area (Å²) in [6.45, 7) is 0. The van der Waals surface area contributed by atoms with Gasteiger partial charge in [-0.15, -0.1) is 11.3 Å². The molecule has 0 aliphatic rings. The largest absolute Gasteiger partial charge is 0.477 e. The summed E-state index contributed by atoms with van der Waals surface area (Å²) in [6.07, 6.45) is -3.25. The molecule has 8 heteroatoms. The number of carboxylic acids is 1. The molecule has 112 valence electrons. The summed E-state index contributed by atoms with van der Waals surface area (Å²) in [5.41, 5.74) is -0.248. The van der Waals surface area contributed by atoms with E-state index in [1.54, 1.807) is 0 Å². The molecule has 3 rings (SSSR count). The summed E-state index contributed by atoms with van der Waals surface area (Å²) in [7, 11) is 0. The number of alkyl halides is 3. The summed E-state index contributed by atoms with van der Waals surface area (Å²) in [6, 6.07) is 6.11. The first kappa shape index (κ1) is 14.5. The Hall–Kier alpha value is -2.48. The molecule has 2 aromatic heterocycles. The first-order chi connectivity index (χ1) is 10.4. The van der Waals surface area contributed by atoms with Gasteiger partial charge in [0.1, 0.15) is 16.0 Å². The molecular weight excluding hydrogens is 317 g/mol. The zero-order valence-corrected chi connectivity index (χ0v) is 11.6. The van der Waals surface area contributed by atoms with Gasteiger partial charge in [0.05, 0.1) is 11.3 Å². The second-order valence-corrected chi connectivity index (χ2v) is 5.47. The van der Waals surface area contributed by atoms with Crippen molar-refractivity contribution in [3.63, 3.8) is 0 Å². The Labute approximate surface area is 125 Å². The fourth-order valence-electron chi connectivity index (χ4n) is 2.03. The molecule has 22 heavy (non-hydrogen) atoms. The average molecular weight is 324 g/mol. The van der Waals surface area contributed by atoms with Gasteiger partial charge in [-0.25, -0.2) is 14.8 Å². The van der Waals surface area contributed by atoms with Gasteiger partial charge in [0.15, 0.2) is 0 Å². The topological polar surface area (TPSA) is 63.1 Å². The van der Waals surface area contributed by atoms with Crippen LogP contribution in [0.25, 0.3) is 21.5 Å². The predicted octanol–water partition coefficient (Wildman–Crippen LogP) is 4.08. The molecule has 4 nitrogen and oxygen atoms in total. The monoisotopic (exact) mass is 324 g/mol. The van der Waals surface area contributed by atoms with Crippen LogP contribution in [0.15, 0.2) is 36.7 Å². The highest BCUT2D eigenvalue weighted by Gasteiger charge is 2.30. The Kier molecular flexibility index (Phi) is 3.32. The van der Waals surface area contributed by atoms with Crippen LogP contribution < -0.4 is 0 Å². The maximum Gasteiger partial charge on any atom is 0.416 e. The van der Waals surface area contributed by atoms with E-state index in [-0.39, 0.29) is 16.1 Å². The number of aromatic carboxylic acids is 1. The van der Waals surface area contributed by atoms with Crippen LogP contribution in [0, 0.1) is 0 Å². The van der Waals surface area contributed by atoms with Crippen molar-refractivity contribution < 1.29 is 23.1 Å². The molecule has 0 unspecified atom stereocenters. The maximum atomic E-state index is 12.8. The number of hydrogen-bond donors (Lipinski definition) is 1. The van der Waals surface area contributed by atoms with Crippen molar-refractivity contribution in [1.82, 2.24) is 9.97 Å². The minimum Gasteiger partial charge on any atom is -0.477 e. The van der Waals surface area contributed by atoms with Crippen molar-refractivity contribution in [3.8, 4) is 11.3 Å². The third-order valence-corrected chi connectivity index (χ3v) is 4.03. The van der Waals surface area contributed by atoms with E-state index >= 15 is 0 Å². The number of hydrogen-bond acceptors (Lipinski definition) is 4. The summed E-state index contributed by atoms with van der Waals surface area (Å²) in [4.78, 5) is 19.5. The van der Waals surface area contributed by atoms with Crippen LogP contribution in [0.3, 0.4) is 0 Å². The standard InChI is InChI=1S/C14H7F3N2O2S/c15-14(16,17)8-3-1-2-7(4-8)11-9-5-10(13(20)21)22-12(9)19-6-18-11/h1-6H,(H,20,21). The first-order valence-corrected chi connectivity index (χ1v) is 6.83. The van der Waals surface area contributed by atoms with Crippen LogP contribution in [0.2, 0.25) is 0 Å². The fourth-order valence-corrected chi connectivity index (χ4v) is 2.87. The molecule has 0 spiro atoms. The molecule has 0 bridgehead atoms. The molecule has 2 heterocycles. The number of aromatic nitrogens is 2. The highest BCUT2D eigenvalue weighted by atomic mass is 32.1. The first-order valence-electron chi connectivity index (χ1n) is 6.02. The molecule has 0 atom stereocenters. The number of carboxylic acid groups (broad SMARTS) is 1. The number of carbonyl (C=O) groups is 1. The van der Waals surface area contributed by atoms with Crippen LogP contribution in [0.1, 0.15) is 15.2 Å². The van der Waals surface area contributed by atoms with Gasteiger partial charge in [-0.3, -0.25) is 0 Å². The van der Waals surface area contributed by atoms with Crippen molar-refractivity contribution >= 4 is 27.5 Å². The van der Waals surface area contributed by atoms with E-state index in [9.17, 15) is 18.0 Å². The minimum atomic E-state index is -4.46. The molecule has 1 aromatic carbocycles. The number of halogens is 3. The SMILES string of the molecule is O=C(O)c1cc2c(-c3cccc(C(F)(F)F)c3)ncnc2s1. The van der Waals surface area contributed by atoms with E-state index in [2.05, 4.69) is 9.97 Å². The Morgan fingerprint density at radius 2 is 1.95 bits per heavy atom. The summed E-state index contributed by atoms with van der Waals surface area (Å²) in [5, 5.41) is 9.43. The van der Waals surface area contributed by atoms with Crippen LogP contribution in [0.5, 0.6) is 0 Å². The lowest BCUT2D eigenvalue weighted by Gasteiger charge is -2.08. The number of fused-ring (bicyclic) bond motifs is 1. The number of rotatable bonds is 2. The molecule has 1 N–H and O–H groups in total. The van der Waals surface area contributed by atoms with E-state index in [4.69, 9.17) is 5.11 Å². The quantitative estimate of drug-likeness (QED) is 0.771.